The van der Waals surface area contributed by atoms with Crippen LogP contribution in [0.4, 0.5) is 5.69 Å². The third-order valence-electron chi connectivity index (χ3n) is 5.20. The van der Waals surface area contributed by atoms with Gasteiger partial charge in [-0.05, 0) is 30.0 Å². The average molecular weight is 369 g/mol. The molecule has 1 unspecified atom stereocenters. The minimum Gasteiger partial charge on any atom is -0.459 e. The zero-order chi connectivity index (χ0) is 19.6. The lowest BCUT2D eigenvalue weighted by Gasteiger charge is -2.22. The number of furan rings is 1. The fraction of sp³-hybridized carbons (Fsp3) is 0.429. The number of anilines is 1. The molecule has 0 saturated heterocycles. The molecule has 0 bridgehead atoms. The van der Waals surface area contributed by atoms with E-state index in [1.807, 2.05) is 24.3 Å². The van der Waals surface area contributed by atoms with Crippen molar-refractivity contribution < 1.29 is 14.0 Å². The van der Waals surface area contributed by atoms with Gasteiger partial charge in [-0.25, -0.2) is 0 Å². The van der Waals surface area contributed by atoms with E-state index >= 15 is 0 Å². The maximum absolute atomic E-state index is 12.8. The van der Waals surface area contributed by atoms with E-state index in [-0.39, 0.29) is 23.6 Å². The molecule has 0 spiro atoms. The van der Waals surface area contributed by atoms with E-state index in [1.54, 1.807) is 22.9 Å². The zero-order valence-corrected chi connectivity index (χ0v) is 16.1. The molecule has 1 aromatic heterocycles. The minimum atomic E-state index is -0.189. The molecule has 2 aromatic rings. The van der Waals surface area contributed by atoms with Crippen LogP contribution in [0.5, 0.6) is 0 Å². The maximum atomic E-state index is 12.8. The smallest absolute Gasteiger partial charge is 0.289 e. The Kier molecular flexibility index (Phi) is 5.65. The van der Waals surface area contributed by atoms with Gasteiger partial charge in [-0.15, -0.1) is 0 Å². The summed E-state index contributed by atoms with van der Waals surface area (Å²) in [5, 5.41) is 0. The highest BCUT2D eigenvalue weighted by atomic mass is 16.3. The monoisotopic (exact) mass is 369 g/mol. The van der Waals surface area contributed by atoms with Crippen molar-refractivity contribution in [2.45, 2.75) is 39.3 Å². The van der Waals surface area contributed by atoms with Crippen LogP contribution in [0.25, 0.3) is 0 Å². The Morgan fingerprint density at radius 1 is 1.30 bits per heavy atom. The molecule has 2 heterocycles. The second kappa shape index (κ2) is 7.96. The average Bonchev–Trinajstić information content (AvgIpc) is 3.23. The minimum absolute atomic E-state index is 0.0343. The van der Waals surface area contributed by atoms with Crippen LogP contribution < -0.4 is 10.6 Å². The van der Waals surface area contributed by atoms with E-state index in [0.29, 0.717) is 31.0 Å². The first-order valence-electron chi connectivity index (χ1n) is 9.34. The molecular weight excluding hydrogens is 342 g/mol. The molecule has 1 atom stereocenters. The van der Waals surface area contributed by atoms with Gasteiger partial charge in [0.15, 0.2) is 5.76 Å². The lowest BCUT2D eigenvalue weighted by atomic mass is 10.0. The van der Waals surface area contributed by atoms with E-state index in [4.69, 9.17) is 10.2 Å². The van der Waals surface area contributed by atoms with Crippen LogP contribution in [0, 0.1) is 5.92 Å². The van der Waals surface area contributed by atoms with Crippen LogP contribution in [0.15, 0.2) is 41.0 Å². The summed E-state index contributed by atoms with van der Waals surface area (Å²) in [6.45, 7) is 5.03. The van der Waals surface area contributed by atoms with Crippen molar-refractivity contribution in [1.29, 1.82) is 0 Å². The number of amides is 2. The van der Waals surface area contributed by atoms with Crippen LogP contribution in [-0.2, 0) is 17.8 Å². The Bertz CT molecular complexity index is 828. The SMILES string of the molecule is CC(C)C(N)CCN(C)C(=O)c1occc1CN1C(=O)Cc2ccccc21. The third-order valence-corrected chi connectivity index (χ3v) is 5.20. The van der Waals surface area contributed by atoms with Crippen LogP contribution in [0.2, 0.25) is 0 Å². The lowest BCUT2D eigenvalue weighted by Crippen LogP contribution is -2.35. The van der Waals surface area contributed by atoms with E-state index < -0.39 is 0 Å². The number of para-hydroxylation sites is 1. The van der Waals surface area contributed by atoms with Gasteiger partial charge in [-0.3, -0.25) is 9.59 Å². The first-order valence-corrected chi connectivity index (χ1v) is 9.34. The predicted octanol–water partition coefficient (Wildman–Crippen LogP) is 2.81. The van der Waals surface area contributed by atoms with Crippen molar-refractivity contribution in [2.24, 2.45) is 11.7 Å². The molecule has 0 saturated carbocycles. The number of rotatable bonds is 7. The molecule has 0 radical (unpaired) electrons. The fourth-order valence-corrected chi connectivity index (χ4v) is 3.26. The topological polar surface area (TPSA) is 79.8 Å². The molecule has 2 amide bonds. The van der Waals surface area contributed by atoms with Crippen molar-refractivity contribution in [3.8, 4) is 0 Å². The van der Waals surface area contributed by atoms with Gasteiger partial charge in [-0.2, -0.15) is 0 Å². The Morgan fingerprint density at radius 2 is 2.04 bits per heavy atom. The quantitative estimate of drug-likeness (QED) is 0.814. The second-order valence-corrected chi connectivity index (χ2v) is 7.48. The molecule has 0 aliphatic carbocycles. The Labute approximate surface area is 159 Å². The first-order chi connectivity index (χ1) is 12.9. The first kappa shape index (κ1) is 19.2. The van der Waals surface area contributed by atoms with Crippen molar-refractivity contribution >= 4 is 17.5 Å². The number of carbonyl (C=O) groups excluding carboxylic acids is 2. The molecule has 1 aliphatic rings. The van der Waals surface area contributed by atoms with Gasteiger partial charge in [-0.1, -0.05) is 32.0 Å². The molecule has 6 heteroatoms. The summed E-state index contributed by atoms with van der Waals surface area (Å²) < 4.78 is 5.47. The predicted molar refractivity (Wildman–Crippen MR) is 104 cm³/mol. The molecule has 3 rings (SSSR count). The maximum Gasteiger partial charge on any atom is 0.289 e. The van der Waals surface area contributed by atoms with Gasteiger partial charge in [0.2, 0.25) is 5.91 Å². The molecule has 2 N–H and O–H groups in total. The molecule has 1 aromatic carbocycles. The Hall–Kier alpha value is -2.60. The number of benzene rings is 1. The highest BCUT2D eigenvalue weighted by Crippen LogP contribution is 2.30. The summed E-state index contributed by atoms with van der Waals surface area (Å²) >= 11 is 0. The molecule has 0 fully saturated rings. The lowest BCUT2D eigenvalue weighted by molar-refractivity contribution is -0.117. The Balaban J connectivity index is 1.71. The van der Waals surface area contributed by atoms with Crippen LogP contribution >= 0.6 is 0 Å². The summed E-state index contributed by atoms with van der Waals surface area (Å²) in [4.78, 5) is 28.5. The van der Waals surface area contributed by atoms with Crippen LogP contribution in [0.3, 0.4) is 0 Å². The number of hydrogen-bond donors (Lipinski definition) is 1. The van der Waals surface area contributed by atoms with Crippen LogP contribution in [-0.4, -0.2) is 36.3 Å². The summed E-state index contributed by atoms with van der Waals surface area (Å²) in [6, 6.07) is 9.54. The van der Waals surface area contributed by atoms with E-state index in [0.717, 1.165) is 17.7 Å². The summed E-state index contributed by atoms with van der Waals surface area (Å²) in [5.41, 5.74) is 8.70. The van der Waals surface area contributed by atoms with Gasteiger partial charge in [0.25, 0.3) is 5.91 Å². The second-order valence-electron chi connectivity index (χ2n) is 7.48. The number of nitrogens with two attached hydrogens (primary N) is 1. The van der Waals surface area contributed by atoms with Crippen molar-refractivity contribution in [3.63, 3.8) is 0 Å². The van der Waals surface area contributed by atoms with Gasteiger partial charge < -0.3 is 20.0 Å². The van der Waals surface area contributed by atoms with Crippen molar-refractivity contribution in [2.75, 3.05) is 18.5 Å². The van der Waals surface area contributed by atoms with E-state index in [1.165, 1.54) is 6.26 Å². The molecule has 27 heavy (non-hydrogen) atoms. The number of carbonyl (C=O) groups is 2. The zero-order valence-electron chi connectivity index (χ0n) is 16.1. The number of hydrogen-bond acceptors (Lipinski definition) is 4. The van der Waals surface area contributed by atoms with E-state index in [9.17, 15) is 9.59 Å². The number of fused-ring (bicyclic) bond motifs is 1. The number of nitrogens with zero attached hydrogens (tertiary/aromatic N) is 2. The summed E-state index contributed by atoms with van der Waals surface area (Å²) in [7, 11) is 1.75. The van der Waals surface area contributed by atoms with Gasteiger partial charge in [0.1, 0.15) is 0 Å². The highest BCUT2D eigenvalue weighted by Gasteiger charge is 2.29. The van der Waals surface area contributed by atoms with Crippen molar-refractivity contribution in [3.05, 3.63) is 53.5 Å². The highest BCUT2D eigenvalue weighted by molar-refractivity contribution is 6.01. The van der Waals surface area contributed by atoms with Gasteiger partial charge >= 0.3 is 0 Å². The molecule has 6 nitrogen and oxygen atoms in total. The largest absolute Gasteiger partial charge is 0.459 e. The Morgan fingerprint density at radius 3 is 2.78 bits per heavy atom. The standard InChI is InChI=1S/C21H27N3O3/c1-14(2)17(22)8-10-23(3)21(26)20-16(9-11-27-20)13-24-18-7-5-4-6-15(18)12-19(24)25/h4-7,9,11,14,17H,8,10,12-13,22H2,1-3H3. The summed E-state index contributed by atoms with van der Waals surface area (Å²) in [6.07, 6.45) is 2.63. The third kappa shape index (κ3) is 4.06. The molecular formula is C21H27N3O3. The fourth-order valence-electron chi connectivity index (χ4n) is 3.26. The van der Waals surface area contributed by atoms with Crippen molar-refractivity contribution in [1.82, 2.24) is 4.90 Å². The summed E-state index contributed by atoms with van der Waals surface area (Å²) in [5.74, 6) is 0.500. The molecule has 144 valence electrons. The van der Waals surface area contributed by atoms with Gasteiger partial charge in [0, 0.05) is 30.9 Å². The van der Waals surface area contributed by atoms with E-state index in [2.05, 4.69) is 13.8 Å². The van der Waals surface area contributed by atoms with Gasteiger partial charge in [0.05, 0.1) is 19.2 Å². The normalized spacial score (nSPS) is 14.6. The van der Waals surface area contributed by atoms with Crippen LogP contribution in [0.1, 0.15) is 41.9 Å². The molecule has 1 aliphatic heterocycles.